The Morgan fingerprint density at radius 1 is 1.31 bits per heavy atom. The van der Waals surface area contributed by atoms with Crippen molar-refractivity contribution in [1.82, 2.24) is 10.5 Å². The van der Waals surface area contributed by atoms with Gasteiger partial charge in [-0.3, -0.25) is 14.4 Å². The van der Waals surface area contributed by atoms with Crippen LogP contribution in [0, 0.1) is 12.8 Å². The summed E-state index contributed by atoms with van der Waals surface area (Å²) in [5.74, 6) is -0.465. The number of amides is 3. The second-order valence-electron chi connectivity index (χ2n) is 6.28. The molecule has 0 saturated carbocycles. The Hall–Kier alpha value is -3.16. The van der Waals surface area contributed by atoms with Crippen molar-refractivity contribution in [2.45, 2.75) is 26.3 Å². The highest BCUT2D eigenvalue weighted by Gasteiger charge is 2.36. The van der Waals surface area contributed by atoms with Gasteiger partial charge in [-0.1, -0.05) is 23.4 Å². The van der Waals surface area contributed by atoms with Crippen molar-refractivity contribution in [3.8, 4) is 0 Å². The van der Waals surface area contributed by atoms with Gasteiger partial charge in [-0.25, -0.2) is 0 Å². The summed E-state index contributed by atoms with van der Waals surface area (Å²) in [5.41, 5.74) is 0.764. The number of nitrogens with zero attached hydrogens (tertiary/aromatic N) is 2. The lowest BCUT2D eigenvalue weighted by atomic mass is 10.1. The van der Waals surface area contributed by atoms with Gasteiger partial charge in [-0.15, -0.1) is 0 Å². The first-order chi connectivity index (χ1) is 12.4. The third-order valence-corrected chi connectivity index (χ3v) is 4.19. The Bertz CT molecular complexity index is 818. The number of carbonyl (C=O) groups is 3. The first-order valence-corrected chi connectivity index (χ1v) is 8.34. The molecule has 8 heteroatoms. The maximum Gasteiger partial charge on any atom is 0.247 e. The molecule has 1 saturated heterocycles. The van der Waals surface area contributed by atoms with E-state index >= 15 is 0 Å². The zero-order valence-corrected chi connectivity index (χ0v) is 14.6. The fraction of sp³-hybridized carbons (Fsp3) is 0.333. The molecule has 136 valence electrons. The summed E-state index contributed by atoms with van der Waals surface area (Å²) < 4.78 is 4.88. The zero-order chi connectivity index (χ0) is 18.7. The second-order valence-corrected chi connectivity index (χ2v) is 6.28. The molecule has 1 aliphatic rings. The van der Waals surface area contributed by atoms with E-state index in [1.165, 1.54) is 0 Å². The topological polar surface area (TPSA) is 105 Å². The van der Waals surface area contributed by atoms with E-state index in [-0.39, 0.29) is 18.2 Å². The molecule has 1 aromatic carbocycles. The molecular weight excluding hydrogens is 336 g/mol. The van der Waals surface area contributed by atoms with Crippen LogP contribution in [0.3, 0.4) is 0 Å². The van der Waals surface area contributed by atoms with Crippen LogP contribution in [0.5, 0.6) is 0 Å². The molecule has 2 unspecified atom stereocenters. The van der Waals surface area contributed by atoms with Crippen LogP contribution in [0.1, 0.15) is 19.1 Å². The van der Waals surface area contributed by atoms with Crippen molar-refractivity contribution in [3.05, 3.63) is 42.2 Å². The van der Waals surface area contributed by atoms with E-state index in [0.717, 1.165) is 5.69 Å². The summed E-state index contributed by atoms with van der Waals surface area (Å²) in [6.45, 7) is 3.58. The van der Waals surface area contributed by atoms with E-state index in [9.17, 15) is 14.4 Å². The maximum absolute atomic E-state index is 12.4. The largest absolute Gasteiger partial charge is 0.360 e. The first-order valence-electron chi connectivity index (χ1n) is 8.34. The summed E-state index contributed by atoms with van der Waals surface area (Å²) in [7, 11) is 0. The molecule has 2 heterocycles. The first kappa shape index (κ1) is 17.7. The third-order valence-electron chi connectivity index (χ3n) is 4.19. The van der Waals surface area contributed by atoms with Crippen LogP contribution in [0.2, 0.25) is 0 Å². The monoisotopic (exact) mass is 356 g/mol. The minimum Gasteiger partial charge on any atom is -0.360 e. The van der Waals surface area contributed by atoms with Crippen LogP contribution in [-0.2, 0) is 14.4 Å². The molecule has 26 heavy (non-hydrogen) atoms. The third kappa shape index (κ3) is 3.90. The van der Waals surface area contributed by atoms with Crippen molar-refractivity contribution in [2.75, 3.05) is 16.8 Å². The molecule has 1 aliphatic heterocycles. The summed E-state index contributed by atoms with van der Waals surface area (Å²) in [6, 6.07) is 10.0. The van der Waals surface area contributed by atoms with Crippen molar-refractivity contribution < 1.29 is 18.9 Å². The lowest BCUT2D eigenvalue weighted by Crippen LogP contribution is -2.44. The van der Waals surface area contributed by atoms with Crippen molar-refractivity contribution in [3.63, 3.8) is 0 Å². The van der Waals surface area contributed by atoms with Crippen LogP contribution < -0.4 is 15.5 Å². The van der Waals surface area contributed by atoms with Crippen LogP contribution >= 0.6 is 0 Å². The standard InChI is InChI=1S/C18H20N4O4/c1-11-8-15(21-26-11)20-17(24)12(2)19-18(25)13-9-16(23)22(10-13)14-6-4-3-5-7-14/h3-8,12-13H,9-10H2,1-2H3,(H,19,25)(H,20,21,24). The van der Waals surface area contributed by atoms with Gasteiger partial charge in [0.15, 0.2) is 5.82 Å². The van der Waals surface area contributed by atoms with Gasteiger partial charge in [-0.2, -0.15) is 0 Å². The van der Waals surface area contributed by atoms with E-state index in [2.05, 4.69) is 15.8 Å². The molecule has 3 rings (SSSR count). The highest BCUT2D eigenvalue weighted by molar-refractivity contribution is 6.02. The van der Waals surface area contributed by atoms with E-state index in [4.69, 9.17) is 4.52 Å². The lowest BCUT2D eigenvalue weighted by molar-refractivity contribution is -0.129. The molecule has 0 radical (unpaired) electrons. The SMILES string of the molecule is Cc1cc(NC(=O)C(C)NC(=O)C2CC(=O)N(c3ccccc3)C2)no1. The minimum atomic E-state index is -0.764. The number of benzene rings is 1. The number of nitrogens with one attached hydrogen (secondary N) is 2. The van der Waals surface area contributed by atoms with Crippen molar-refractivity contribution >= 4 is 29.2 Å². The molecular formula is C18H20N4O4. The molecule has 0 spiro atoms. The maximum atomic E-state index is 12.4. The average molecular weight is 356 g/mol. The predicted molar refractivity (Wildman–Crippen MR) is 94.4 cm³/mol. The fourth-order valence-electron chi connectivity index (χ4n) is 2.80. The highest BCUT2D eigenvalue weighted by atomic mass is 16.5. The highest BCUT2D eigenvalue weighted by Crippen LogP contribution is 2.25. The van der Waals surface area contributed by atoms with Gasteiger partial charge in [0.05, 0.1) is 5.92 Å². The Kier molecular flexibility index (Phi) is 5.01. The molecule has 1 fully saturated rings. The van der Waals surface area contributed by atoms with Crippen LogP contribution in [0.15, 0.2) is 40.9 Å². The van der Waals surface area contributed by atoms with Gasteiger partial charge >= 0.3 is 0 Å². The molecule has 1 aromatic heterocycles. The second kappa shape index (κ2) is 7.38. The quantitative estimate of drug-likeness (QED) is 0.844. The number of anilines is 2. The number of hydrogen-bond donors (Lipinski definition) is 2. The van der Waals surface area contributed by atoms with Gasteiger partial charge in [0.2, 0.25) is 17.7 Å². The number of carbonyl (C=O) groups excluding carboxylic acids is 3. The van der Waals surface area contributed by atoms with Crippen molar-refractivity contribution in [2.24, 2.45) is 5.92 Å². The van der Waals surface area contributed by atoms with Gasteiger partial charge < -0.3 is 20.1 Å². The van der Waals surface area contributed by atoms with Gasteiger partial charge in [0.25, 0.3) is 0 Å². The molecule has 2 aromatic rings. The Morgan fingerprint density at radius 3 is 2.69 bits per heavy atom. The van der Waals surface area contributed by atoms with E-state index in [1.54, 1.807) is 24.8 Å². The normalized spacial score (nSPS) is 17.8. The minimum absolute atomic E-state index is 0.105. The van der Waals surface area contributed by atoms with Gasteiger partial charge in [0, 0.05) is 24.7 Å². The summed E-state index contributed by atoms with van der Waals surface area (Å²) in [4.78, 5) is 38.4. The summed E-state index contributed by atoms with van der Waals surface area (Å²) >= 11 is 0. The zero-order valence-electron chi connectivity index (χ0n) is 14.6. The van der Waals surface area contributed by atoms with Crippen molar-refractivity contribution in [1.29, 1.82) is 0 Å². The molecule has 8 nitrogen and oxygen atoms in total. The smallest absolute Gasteiger partial charge is 0.247 e. The number of aryl methyl sites for hydroxylation is 1. The number of hydrogen-bond acceptors (Lipinski definition) is 5. The fourth-order valence-corrected chi connectivity index (χ4v) is 2.80. The Morgan fingerprint density at radius 2 is 2.04 bits per heavy atom. The number of rotatable bonds is 5. The number of para-hydroxylation sites is 1. The summed E-state index contributed by atoms with van der Waals surface area (Å²) in [6.07, 6.45) is 0.123. The van der Waals surface area contributed by atoms with Crippen LogP contribution in [0.4, 0.5) is 11.5 Å². The van der Waals surface area contributed by atoms with Crippen LogP contribution in [0.25, 0.3) is 0 Å². The van der Waals surface area contributed by atoms with Crippen LogP contribution in [-0.4, -0.2) is 35.5 Å². The molecule has 3 amide bonds. The molecule has 0 bridgehead atoms. The number of aromatic nitrogens is 1. The van der Waals surface area contributed by atoms with E-state index in [1.807, 2.05) is 30.3 Å². The van der Waals surface area contributed by atoms with E-state index in [0.29, 0.717) is 18.1 Å². The molecule has 0 aliphatic carbocycles. The molecule has 2 N–H and O–H groups in total. The summed E-state index contributed by atoms with van der Waals surface area (Å²) in [5, 5.41) is 8.90. The van der Waals surface area contributed by atoms with Gasteiger partial charge in [-0.05, 0) is 26.0 Å². The molecule has 2 atom stereocenters. The lowest BCUT2D eigenvalue weighted by Gasteiger charge is -2.18. The van der Waals surface area contributed by atoms with Gasteiger partial charge in [0.1, 0.15) is 11.8 Å². The van der Waals surface area contributed by atoms with E-state index < -0.39 is 17.9 Å². The Balaban J connectivity index is 1.56. The average Bonchev–Trinajstić information content (AvgIpc) is 3.21. The predicted octanol–water partition coefficient (Wildman–Crippen LogP) is 1.48. The Labute approximate surface area is 150 Å².